The Balaban J connectivity index is 1.90. The van der Waals surface area contributed by atoms with E-state index in [2.05, 4.69) is 17.3 Å². The molecule has 1 N–H and O–H groups in total. The fourth-order valence-corrected chi connectivity index (χ4v) is 3.72. The molecule has 2 heteroatoms. The van der Waals surface area contributed by atoms with Crippen molar-refractivity contribution in [1.29, 1.82) is 0 Å². The van der Waals surface area contributed by atoms with E-state index in [1.807, 2.05) is 0 Å². The molecule has 1 atom stereocenters. The zero-order valence-corrected chi connectivity index (χ0v) is 11.6. The van der Waals surface area contributed by atoms with Crippen LogP contribution in [0, 0.1) is 0 Å². The van der Waals surface area contributed by atoms with E-state index in [0.717, 1.165) is 12.1 Å². The molecule has 2 rings (SSSR count). The summed E-state index contributed by atoms with van der Waals surface area (Å²) in [5.74, 6) is 0. The molecule has 1 saturated heterocycles. The highest BCUT2D eigenvalue weighted by atomic mass is 15.2. The van der Waals surface area contributed by atoms with Crippen LogP contribution < -0.4 is 5.32 Å². The second-order valence-electron chi connectivity index (χ2n) is 5.94. The summed E-state index contributed by atoms with van der Waals surface area (Å²) in [7, 11) is 2.10. The van der Waals surface area contributed by atoms with Crippen LogP contribution in [0.15, 0.2) is 0 Å². The molecule has 2 nitrogen and oxygen atoms in total. The molecule has 0 amide bonds. The van der Waals surface area contributed by atoms with Gasteiger partial charge in [0.1, 0.15) is 0 Å². The van der Waals surface area contributed by atoms with Gasteiger partial charge in [0.05, 0.1) is 0 Å². The average molecular weight is 238 g/mol. The second-order valence-corrected chi connectivity index (χ2v) is 5.94. The number of rotatable bonds is 3. The third-order valence-corrected chi connectivity index (χ3v) is 4.66. The van der Waals surface area contributed by atoms with E-state index < -0.39 is 0 Å². The molecule has 0 spiro atoms. The van der Waals surface area contributed by atoms with Crippen molar-refractivity contribution >= 4 is 0 Å². The van der Waals surface area contributed by atoms with Crippen LogP contribution in [-0.4, -0.2) is 37.1 Å². The van der Waals surface area contributed by atoms with E-state index in [1.165, 1.54) is 77.3 Å². The minimum absolute atomic E-state index is 0.818. The zero-order valence-electron chi connectivity index (χ0n) is 11.6. The first-order chi connectivity index (χ1) is 8.42. The van der Waals surface area contributed by atoms with Crippen LogP contribution in [0.2, 0.25) is 0 Å². The summed E-state index contributed by atoms with van der Waals surface area (Å²) in [5.41, 5.74) is 0. The molecule has 0 bridgehead atoms. The SMILES string of the molecule is CNCC1CCCCN1C1CCCCCCC1. The first-order valence-corrected chi connectivity index (χ1v) is 7.82. The van der Waals surface area contributed by atoms with Crippen molar-refractivity contribution in [1.82, 2.24) is 10.2 Å². The molecule has 0 aromatic carbocycles. The lowest BCUT2D eigenvalue weighted by molar-refractivity contribution is 0.0790. The number of likely N-dealkylation sites (N-methyl/N-ethyl adjacent to an activating group) is 1. The zero-order chi connectivity index (χ0) is 11.9. The maximum Gasteiger partial charge on any atom is 0.0223 e. The van der Waals surface area contributed by atoms with Crippen LogP contribution in [0.5, 0.6) is 0 Å². The van der Waals surface area contributed by atoms with Gasteiger partial charge in [-0.3, -0.25) is 4.90 Å². The number of nitrogens with zero attached hydrogens (tertiary/aromatic N) is 1. The highest BCUT2D eigenvalue weighted by Crippen LogP contribution is 2.27. The van der Waals surface area contributed by atoms with Gasteiger partial charge in [0.2, 0.25) is 0 Å². The second kappa shape index (κ2) is 7.38. The minimum atomic E-state index is 0.818. The van der Waals surface area contributed by atoms with Crippen molar-refractivity contribution in [2.75, 3.05) is 20.1 Å². The van der Waals surface area contributed by atoms with Crippen molar-refractivity contribution in [3.8, 4) is 0 Å². The molecule has 0 radical (unpaired) electrons. The van der Waals surface area contributed by atoms with Gasteiger partial charge in [-0.1, -0.05) is 38.5 Å². The van der Waals surface area contributed by atoms with Crippen molar-refractivity contribution < 1.29 is 0 Å². The fourth-order valence-electron chi connectivity index (χ4n) is 3.72. The molecular formula is C15H30N2. The minimum Gasteiger partial charge on any atom is -0.318 e. The molecule has 1 unspecified atom stereocenters. The van der Waals surface area contributed by atoms with Crippen LogP contribution in [0.3, 0.4) is 0 Å². The highest BCUT2D eigenvalue weighted by Gasteiger charge is 2.28. The number of hydrogen-bond acceptors (Lipinski definition) is 2. The topological polar surface area (TPSA) is 15.3 Å². The highest BCUT2D eigenvalue weighted by molar-refractivity contribution is 4.84. The maximum atomic E-state index is 3.39. The van der Waals surface area contributed by atoms with Crippen LogP contribution in [0.1, 0.15) is 64.2 Å². The summed E-state index contributed by atoms with van der Waals surface area (Å²) < 4.78 is 0. The molecule has 2 fully saturated rings. The molecule has 1 heterocycles. The third-order valence-electron chi connectivity index (χ3n) is 4.66. The van der Waals surface area contributed by atoms with Crippen LogP contribution in [-0.2, 0) is 0 Å². The standard InChI is InChI=1S/C15H30N2/c1-16-13-15-11-7-8-12-17(15)14-9-5-3-2-4-6-10-14/h14-16H,2-13H2,1H3. The summed E-state index contributed by atoms with van der Waals surface area (Å²) in [6.07, 6.45) is 14.6. The van der Waals surface area contributed by atoms with Gasteiger partial charge in [-0.15, -0.1) is 0 Å². The van der Waals surface area contributed by atoms with E-state index in [1.54, 1.807) is 0 Å². The summed E-state index contributed by atoms with van der Waals surface area (Å²) in [5, 5.41) is 3.39. The van der Waals surface area contributed by atoms with Crippen molar-refractivity contribution in [2.24, 2.45) is 0 Å². The van der Waals surface area contributed by atoms with E-state index in [-0.39, 0.29) is 0 Å². The Morgan fingerprint density at radius 1 is 0.882 bits per heavy atom. The summed E-state index contributed by atoms with van der Waals surface area (Å²) in [4.78, 5) is 2.85. The van der Waals surface area contributed by atoms with Crippen molar-refractivity contribution in [2.45, 2.75) is 76.3 Å². The van der Waals surface area contributed by atoms with Crippen molar-refractivity contribution in [3.05, 3.63) is 0 Å². The number of piperidine rings is 1. The smallest absolute Gasteiger partial charge is 0.0223 e. The van der Waals surface area contributed by atoms with Gasteiger partial charge in [0.25, 0.3) is 0 Å². The molecule has 1 aliphatic carbocycles. The Hall–Kier alpha value is -0.0800. The molecule has 0 aromatic rings. The maximum absolute atomic E-state index is 3.39. The van der Waals surface area contributed by atoms with E-state index in [0.29, 0.717) is 0 Å². The van der Waals surface area contributed by atoms with Crippen LogP contribution in [0.4, 0.5) is 0 Å². The molecule has 17 heavy (non-hydrogen) atoms. The van der Waals surface area contributed by atoms with E-state index >= 15 is 0 Å². The number of hydrogen-bond donors (Lipinski definition) is 1. The lowest BCUT2D eigenvalue weighted by atomic mass is 9.91. The summed E-state index contributed by atoms with van der Waals surface area (Å²) in [6, 6.07) is 1.71. The fraction of sp³-hybridized carbons (Fsp3) is 1.00. The Bertz CT molecular complexity index is 195. The monoisotopic (exact) mass is 238 g/mol. The normalized spacial score (nSPS) is 29.8. The number of nitrogens with one attached hydrogen (secondary N) is 1. The molecule has 1 saturated carbocycles. The largest absolute Gasteiger partial charge is 0.318 e. The van der Waals surface area contributed by atoms with E-state index in [9.17, 15) is 0 Å². The quantitative estimate of drug-likeness (QED) is 0.812. The Labute approximate surface area is 107 Å². The molecular weight excluding hydrogens is 208 g/mol. The van der Waals surface area contributed by atoms with Gasteiger partial charge in [-0.25, -0.2) is 0 Å². The van der Waals surface area contributed by atoms with E-state index in [4.69, 9.17) is 0 Å². The predicted octanol–water partition coefficient (Wildman–Crippen LogP) is 3.17. The first kappa shape index (κ1) is 13.4. The molecule has 0 aromatic heterocycles. The summed E-state index contributed by atoms with van der Waals surface area (Å²) in [6.45, 7) is 2.55. The Morgan fingerprint density at radius 3 is 2.24 bits per heavy atom. The molecule has 100 valence electrons. The van der Waals surface area contributed by atoms with Gasteiger partial charge in [0, 0.05) is 18.6 Å². The lowest BCUT2D eigenvalue weighted by Crippen LogP contribution is -2.50. The van der Waals surface area contributed by atoms with Crippen molar-refractivity contribution in [3.63, 3.8) is 0 Å². The van der Waals surface area contributed by atoms with Gasteiger partial charge in [0.15, 0.2) is 0 Å². The molecule has 2 aliphatic rings. The lowest BCUT2D eigenvalue weighted by Gasteiger charge is -2.42. The van der Waals surface area contributed by atoms with Crippen LogP contribution >= 0.6 is 0 Å². The van der Waals surface area contributed by atoms with Gasteiger partial charge < -0.3 is 5.32 Å². The van der Waals surface area contributed by atoms with Gasteiger partial charge >= 0.3 is 0 Å². The first-order valence-electron chi connectivity index (χ1n) is 7.82. The summed E-state index contributed by atoms with van der Waals surface area (Å²) >= 11 is 0. The Kier molecular flexibility index (Phi) is 5.79. The average Bonchev–Trinajstić information content (AvgIpc) is 2.30. The third kappa shape index (κ3) is 3.96. The number of likely N-dealkylation sites (tertiary alicyclic amines) is 1. The van der Waals surface area contributed by atoms with Gasteiger partial charge in [-0.2, -0.15) is 0 Å². The van der Waals surface area contributed by atoms with Gasteiger partial charge in [-0.05, 0) is 39.3 Å². The Morgan fingerprint density at radius 2 is 1.53 bits per heavy atom. The van der Waals surface area contributed by atoms with Crippen LogP contribution in [0.25, 0.3) is 0 Å². The predicted molar refractivity (Wildman–Crippen MR) is 74.4 cm³/mol. The molecule has 1 aliphatic heterocycles.